The summed E-state index contributed by atoms with van der Waals surface area (Å²) in [6.07, 6.45) is 0. The number of benzene rings is 1. The second-order valence-corrected chi connectivity index (χ2v) is 7.54. The predicted molar refractivity (Wildman–Crippen MR) is 82.1 cm³/mol. The molecule has 0 radical (unpaired) electrons. The summed E-state index contributed by atoms with van der Waals surface area (Å²) in [5.74, 6) is -0.310. The first-order valence-corrected chi connectivity index (χ1v) is 8.58. The molecule has 0 atom stereocenters. The number of amides is 1. The zero-order valence-electron chi connectivity index (χ0n) is 12.9. The van der Waals surface area contributed by atoms with Gasteiger partial charge in [0.15, 0.2) is 5.78 Å². The topological polar surface area (TPSA) is 74.8 Å². The number of sulfonamides is 1. The lowest BCUT2D eigenvalue weighted by molar-refractivity contribution is -0.135. The fraction of sp³-hybridized carbons (Fsp3) is 0.467. The van der Waals surface area contributed by atoms with E-state index in [1.165, 1.54) is 35.5 Å². The normalized spacial score (nSPS) is 17.1. The number of carbonyl (C=O) groups is 2. The third-order valence-electron chi connectivity index (χ3n) is 3.74. The fourth-order valence-corrected chi connectivity index (χ4v) is 3.81. The molecule has 1 aliphatic heterocycles. The Morgan fingerprint density at radius 1 is 1.14 bits per heavy atom. The molecule has 1 fully saturated rings. The van der Waals surface area contributed by atoms with Crippen LogP contribution in [0.1, 0.15) is 31.1 Å². The standard InChI is InChI=1S/C15H20N2O4S/c1-11(2)17-9-8-16(10-15(17)19)22(20,21)14-6-4-13(5-7-14)12(3)18/h4-7,11H,8-10H2,1-3H3. The first-order valence-electron chi connectivity index (χ1n) is 7.14. The van der Waals surface area contributed by atoms with Crippen LogP contribution in [0.4, 0.5) is 0 Å². The van der Waals surface area contributed by atoms with Gasteiger partial charge in [-0.25, -0.2) is 8.42 Å². The molecule has 0 N–H and O–H groups in total. The van der Waals surface area contributed by atoms with Gasteiger partial charge in [-0.05, 0) is 32.9 Å². The van der Waals surface area contributed by atoms with Crippen LogP contribution in [0.15, 0.2) is 29.2 Å². The maximum absolute atomic E-state index is 12.6. The average molecular weight is 324 g/mol. The second kappa shape index (κ2) is 6.18. The Labute approximate surface area is 130 Å². The summed E-state index contributed by atoms with van der Waals surface area (Å²) in [7, 11) is -3.71. The SMILES string of the molecule is CC(=O)c1ccc(S(=O)(=O)N2CCN(C(C)C)C(=O)C2)cc1. The molecular formula is C15H20N2O4S. The Bertz CT molecular complexity index is 680. The highest BCUT2D eigenvalue weighted by atomic mass is 32.2. The number of piperazine rings is 1. The number of nitrogens with zero attached hydrogens (tertiary/aromatic N) is 2. The van der Waals surface area contributed by atoms with E-state index >= 15 is 0 Å². The Morgan fingerprint density at radius 3 is 2.18 bits per heavy atom. The minimum atomic E-state index is -3.71. The highest BCUT2D eigenvalue weighted by Gasteiger charge is 2.33. The summed E-state index contributed by atoms with van der Waals surface area (Å²) in [5.41, 5.74) is 0.458. The van der Waals surface area contributed by atoms with Crippen LogP contribution in [-0.2, 0) is 14.8 Å². The van der Waals surface area contributed by atoms with Crippen molar-refractivity contribution in [3.05, 3.63) is 29.8 Å². The van der Waals surface area contributed by atoms with Crippen LogP contribution >= 0.6 is 0 Å². The van der Waals surface area contributed by atoms with Crippen molar-refractivity contribution in [3.8, 4) is 0 Å². The van der Waals surface area contributed by atoms with Gasteiger partial charge in [0.1, 0.15) is 0 Å². The molecule has 1 heterocycles. The molecule has 2 rings (SSSR count). The zero-order chi connectivity index (χ0) is 16.5. The number of hydrogen-bond acceptors (Lipinski definition) is 4. The number of ketones is 1. The van der Waals surface area contributed by atoms with E-state index in [4.69, 9.17) is 0 Å². The molecule has 0 bridgehead atoms. The van der Waals surface area contributed by atoms with Crippen molar-refractivity contribution < 1.29 is 18.0 Å². The third kappa shape index (κ3) is 3.20. The van der Waals surface area contributed by atoms with E-state index in [-0.39, 0.29) is 35.7 Å². The van der Waals surface area contributed by atoms with E-state index in [1.807, 2.05) is 13.8 Å². The third-order valence-corrected chi connectivity index (χ3v) is 5.60. The van der Waals surface area contributed by atoms with Crippen molar-refractivity contribution in [2.75, 3.05) is 19.6 Å². The van der Waals surface area contributed by atoms with Crippen LogP contribution in [0, 0.1) is 0 Å². The molecule has 22 heavy (non-hydrogen) atoms. The highest BCUT2D eigenvalue weighted by Crippen LogP contribution is 2.19. The van der Waals surface area contributed by atoms with Crippen molar-refractivity contribution in [1.29, 1.82) is 0 Å². The van der Waals surface area contributed by atoms with Gasteiger partial charge in [-0.3, -0.25) is 9.59 Å². The lowest BCUT2D eigenvalue weighted by atomic mass is 10.2. The van der Waals surface area contributed by atoms with Crippen LogP contribution in [0.5, 0.6) is 0 Å². The van der Waals surface area contributed by atoms with Crippen LogP contribution in [0.3, 0.4) is 0 Å². The van der Waals surface area contributed by atoms with E-state index in [1.54, 1.807) is 4.90 Å². The van der Waals surface area contributed by atoms with Crippen molar-refractivity contribution in [3.63, 3.8) is 0 Å². The van der Waals surface area contributed by atoms with Gasteiger partial charge in [0.25, 0.3) is 0 Å². The van der Waals surface area contributed by atoms with Gasteiger partial charge in [0.05, 0.1) is 11.4 Å². The first-order chi connectivity index (χ1) is 10.2. The van der Waals surface area contributed by atoms with Crippen LogP contribution in [0.2, 0.25) is 0 Å². The van der Waals surface area contributed by atoms with Gasteiger partial charge in [0.2, 0.25) is 15.9 Å². The molecule has 1 aromatic rings. The molecule has 0 saturated carbocycles. The number of rotatable bonds is 4. The largest absolute Gasteiger partial charge is 0.338 e. The summed E-state index contributed by atoms with van der Waals surface area (Å²) in [5, 5.41) is 0. The minimum absolute atomic E-state index is 0.0622. The fourth-order valence-electron chi connectivity index (χ4n) is 2.43. The Balaban J connectivity index is 2.21. The molecule has 1 saturated heterocycles. The molecule has 0 spiro atoms. The quantitative estimate of drug-likeness (QED) is 0.778. The van der Waals surface area contributed by atoms with Crippen LogP contribution in [0.25, 0.3) is 0 Å². The van der Waals surface area contributed by atoms with E-state index in [0.29, 0.717) is 12.1 Å². The summed E-state index contributed by atoms with van der Waals surface area (Å²) in [4.78, 5) is 25.1. The van der Waals surface area contributed by atoms with Crippen molar-refractivity contribution in [2.45, 2.75) is 31.7 Å². The van der Waals surface area contributed by atoms with E-state index in [2.05, 4.69) is 0 Å². The second-order valence-electron chi connectivity index (χ2n) is 5.60. The van der Waals surface area contributed by atoms with Crippen molar-refractivity contribution >= 4 is 21.7 Å². The summed E-state index contributed by atoms with van der Waals surface area (Å²) >= 11 is 0. The summed E-state index contributed by atoms with van der Waals surface area (Å²) in [6.45, 7) is 5.76. The summed E-state index contributed by atoms with van der Waals surface area (Å²) < 4.78 is 26.3. The molecule has 0 unspecified atom stereocenters. The Morgan fingerprint density at radius 2 is 1.73 bits per heavy atom. The number of carbonyl (C=O) groups excluding carboxylic acids is 2. The average Bonchev–Trinajstić information content (AvgIpc) is 2.46. The van der Waals surface area contributed by atoms with Gasteiger partial charge < -0.3 is 4.90 Å². The molecule has 1 aliphatic rings. The maximum atomic E-state index is 12.6. The van der Waals surface area contributed by atoms with Gasteiger partial charge >= 0.3 is 0 Å². The number of Topliss-reactive ketones (excluding diaryl/α,β-unsaturated/α-hetero) is 1. The molecule has 6 nitrogen and oxygen atoms in total. The molecular weight excluding hydrogens is 304 g/mol. The molecule has 120 valence electrons. The molecule has 1 aromatic carbocycles. The van der Waals surface area contributed by atoms with E-state index < -0.39 is 10.0 Å². The molecule has 0 aliphatic carbocycles. The van der Waals surface area contributed by atoms with Gasteiger partial charge in [-0.2, -0.15) is 4.31 Å². The zero-order valence-corrected chi connectivity index (χ0v) is 13.8. The smallest absolute Gasteiger partial charge is 0.243 e. The first kappa shape index (κ1) is 16.6. The van der Waals surface area contributed by atoms with Crippen LogP contribution in [-0.4, -0.2) is 55.0 Å². The lowest BCUT2D eigenvalue weighted by Gasteiger charge is -2.35. The molecule has 7 heteroatoms. The Kier molecular flexibility index (Phi) is 4.67. The predicted octanol–water partition coefficient (Wildman–Crippen LogP) is 1.13. The van der Waals surface area contributed by atoms with Gasteiger partial charge in [-0.1, -0.05) is 12.1 Å². The minimum Gasteiger partial charge on any atom is -0.338 e. The Hall–Kier alpha value is -1.73. The monoisotopic (exact) mass is 324 g/mol. The summed E-state index contributed by atoms with van der Waals surface area (Å²) in [6, 6.07) is 5.85. The van der Waals surface area contributed by atoms with E-state index in [0.717, 1.165) is 0 Å². The number of hydrogen-bond donors (Lipinski definition) is 0. The maximum Gasteiger partial charge on any atom is 0.243 e. The van der Waals surface area contributed by atoms with Gasteiger partial charge in [-0.15, -0.1) is 0 Å². The van der Waals surface area contributed by atoms with Crippen molar-refractivity contribution in [2.24, 2.45) is 0 Å². The van der Waals surface area contributed by atoms with E-state index in [9.17, 15) is 18.0 Å². The van der Waals surface area contributed by atoms with Crippen LogP contribution < -0.4 is 0 Å². The lowest BCUT2D eigenvalue weighted by Crippen LogP contribution is -2.54. The highest BCUT2D eigenvalue weighted by molar-refractivity contribution is 7.89. The van der Waals surface area contributed by atoms with Gasteiger partial charge in [0, 0.05) is 24.7 Å². The molecule has 0 aromatic heterocycles. The molecule has 1 amide bonds. The van der Waals surface area contributed by atoms with Crippen molar-refractivity contribution in [1.82, 2.24) is 9.21 Å².